The van der Waals surface area contributed by atoms with Gasteiger partial charge in [0.1, 0.15) is 6.10 Å². The number of piperidine rings is 3. The molecule has 1 aliphatic carbocycles. The molecule has 3 aliphatic heterocycles. The highest BCUT2D eigenvalue weighted by Crippen LogP contribution is 2.44. The van der Waals surface area contributed by atoms with Gasteiger partial charge in [-0.15, -0.1) is 0 Å². The number of alkyl carbamates (subject to hydrolysis) is 1. The summed E-state index contributed by atoms with van der Waals surface area (Å²) >= 11 is 0. The molecule has 1 amide bonds. The van der Waals surface area contributed by atoms with E-state index in [-0.39, 0.29) is 41.3 Å². The van der Waals surface area contributed by atoms with Crippen molar-refractivity contribution in [1.29, 1.82) is 0 Å². The average Bonchev–Trinajstić information content (AvgIpc) is 2.82. The van der Waals surface area contributed by atoms with Crippen molar-refractivity contribution in [3.63, 3.8) is 0 Å². The van der Waals surface area contributed by atoms with E-state index in [9.17, 15) is 9.18 Å². The van der Waals surface area contributed by atoms with Crippen molar-refractivity contribution in [3.8, 4) is 16.9 Å². The fourth-order valence-electron chi connectivity index (χ4n) is 5.94. The first-order valence-corrected chi connectivity index (χ1v) is 13.0. The number of amides is 1. The summed E-state index contributed by atoms with van der Waals surface area (Å²) in [5.74, 6) is 0.400. The average molecular weight is 481 g/mol. The molecule has 3 heterocycles. The van der Waals surface area contributed by atoms with E-state index in [0.29, 0.717) is 5.92 Å². The lowest BCUT2D eigenvalue weighted by Gasteiger charge is -2.44. The zero-order chi connectivity index (χ0) is 24.7. The van der Waals surface area contributed by atoms with Crippen LogP contribution in [-0.2, 0) is 11.2 Å². The molecule has 6 rings (SSSR count). The second-order valence-electron chi connectivity index (χ2n) is 11.4. The Balaban J connectivity index is 1.34. The van der Waals surface area contributed by atoms with Gasteiger partial charge in [-0.25, -0.2) is 9.18 Å². The van der Waals surface area contributed by atoms with E-state index < -0.39 is 0 Å². The van der Waals surface area contributed by atoms with Crippen molar-refractivity contribution in [2.24, 2.45) is 11.3 Å². The van der Waals surface area contributed by atoms with Gasteiger partial charge in [0.05, 0.1) is 12.1 Å². The number of aryl methyl sites for hydroxylation is 1. The van der Waals surface area contributed by atoms with Crippen molar-refractivity contribution in [2.45, 2.75) is 71.6 Å². The fraction of sp³-hybridized carbons (Fsp3) is 0.552. The van der Waals surface area contributed by atoms with Crippen LogP contribution in [0.4, 0.5) is 9.18 Å². The minimum atomic E-state index is -0.356. The first-order chi connectivity index (χ1) is 16.7. The molecule has 2 aromatic rings. The van der Waals surface area contributed by atoms with Crippen molar-refractivity contribution >= 4 is 6.09 Å². The van der Waals surface area contributed by atoms with Crippen LogP contribution in [0.25, 0.3) is 11.1 Å². The number of nitrogens with zero attached hydrogens (tertiary/aromatic N) is 1. The highest BCUT2D eigenvalue weighted by molar-refractivity contribution is 5.70. The Kier molecular flexibility index (Phi) is 6.51. The van der Waals surface area contributed by atoms with Gasteiger partial charge < -0.3 is 14.8 Å². The summed E-state index contributed by atoms with van der Waals surface area (Å²) in [6, 6.07) is 11.2. The SMILES string of the molecule is CC(C)Oc1ccc(-c2ccc3c(c2)CCC(C)(C)C3NC(=O)O[C@H]2CN3CCC2CC3)cc1F. The number of carbonyl (C=O) groups excluding carboxylic acids is 1. The molecule has 3 fully saturated rings. The molecule has 4 aliphatic rings. The molecule has 5 nitrogen and oxygen atoms in total. The van der Waals surface area contributed by atoms with E-state index >= 15 is 0 Å². The van der Waals surface area contributed by atoms with Crippen LogP contribution in [-0.4, -0.2) is 42.8 Å². The lowest BCUT2D eigenvalue weighted by molar-refractivity contribution is -0.0353. The summed E-state index contributed by atoms with van der Waals surface area (Å²) in [5.41, 5.74) is 4.00. The maximum Gasteiger partial charge on any atom is 0.407 e. The molecule has 1 unspecified atom stereocenters. The Bertz CT molecular complexity index is 1090. The Hall–Kier alpha value is -2.60. The van der Waals surface area contributed by atoms with Gasteiger partial charge in [-0.1, -0.05) is 38.1 Å². The van der Waals surface area contributed by atoms with Crippen LogP contribution in [0.3, 0.4) is 0 Å². The van der Waals surface area contributed by atoms with Crippen LogP contribution in [0.1, 0.15) is 64.1 Å². The molecule has 2 aromatic carbocycles. The molecule has 0 spiro atoms. The number of halogens is 1. The van der Waals surface area contributed by atoms with Crippen LogP contribution < -0.4 is 10.1 Å². The highest BCUT2D eigenvalue weighted by Gasteiger charge is 2.40. The highest BCUT2D eigenvalue weighted by atomic mass is 19.1. The summed E-state index contributed by atoms with van der Waals surface area (Å²) in [6.45, 7) is 11.3. The quantitative estimate of drug-likeness (QED) is 0.561. The topological polar surface area (TPSA) is 50.8 Å². The van der Waals surface area contributed by atoms with Gasteiger partial charge in [-0.3, -0.25) is 4.90 Å². The number of fused-ring (bicyclic) bond motifs is 4. The smallest absolute Gasteiger partial charge is 0.407 e. The van der Waals surface area contributed by atoms with Crippen molar-refractivity contribution < 1.29 is 18.7 Å². The Labute approximate surface area is 208 Å². The number of benzene rings is 2. The minimum absolute atomic E-state index is 0.0106. The predicted molar refractivity (Wildman–Crippen MR) is 135 cm³/mol. The molecule has 0 aromatic heterocycles. The summed E-state index contributed by atoms with van der Waals surface area (Å²) in [4.78, 5) is 15.4. The van der Waals surface area contributed by atoms with Gasteiger partial charge in [0.2, 0.25) is 0 Å². The van der Waals surface area contributed by atoms with E-state index in [1.807, 2.05) is 26.0 Å². The summed E-state index contributed by atoms with van der Waals surface area (Å²) in [5, 5.41) is 3.21. The maximum absolute atomic E-state index is 14.6. The van der Waals surface area contributed by atoms with E-state index in [4.69, 9.17) is 9.47 Å². The first-order valence-electron chi connectivity index (χ1n) is 13.0. The van der Waals surface area contributed by atoms with Crippen LogP contribution in [0.5, 0.6) is 5.75 Å². The number of ether oxygens (including phenoxy) is 2. The van der Waals surface area contributed by atoms with Crippen LogP contribution >= 0.6 is 0 Å². The number of nitrogens with one attached hydrogen (secondary N) is 1. The Morgan fingerprint density at radius 1 is 1.11 bits per heavy atom. The number of hydrogen-bond acceptors (Lipinski definition) is 4. The third-order valence-electron chi connectivity index (χ3n) is 8.02. The number of rotatable bonds is 5. The van der Waals surface area contributed by atoms with Crippen LogP contribution in [0.15, 0.2) is 36.4 Å². The largest absolute Gasteiger partial charge is 0.488 e. The molecule has 3 saturated heterocycles. The van der Waals surface area contributed by atoms with E-state index in [1.54, 1.807) is 6.07 Å². The molecule has 2 atom stereocenters. The van der Waals surface area contributed by atoms with Gasteiger partial charge in [0.15, 0.2) is 11.6 Å². The monoisotopic (exact) mass is 480 g/mol. The second-order valence-corrected chi connectivity index (χ2v) is 11.4. The summed E-state index contributed by atoms with van der Waals surface area (Å²) in [7, 11) is 0. The summed E-state index contributed by atoms with van der Waals surface area (Å²) in [6.07, 6.45) is 3.69. The molecule has 0 radical (unpaired) electrons. The lowest BCUT2D eigenvalue weighted by atomic mass is 9.70. The molecule has 188 valence electrons. The zero-order valence-electron chi connectivity index (χ0n) is 21.3. The number of hydrogen-bond donors (Lipinski definition) is 1. The van der Waals surface area contributed by atoms with Gasteiger partial charge in [-0.05, 0) is 98.3 Å². The van der Waals surface area contributed by atoms with Crippen molar-refractivity contribution in [2.75, 3.05) is 19.6 Å². The second kappa shape index (κ2) is 9.45. The molecular formula is C29H37FN2O3. The zero-order valence-corrected chi connectivity index (χ0v) is 21.3. The Morgan fingerprint density at radius 3 is 2.49 bits per heavy atom. The van der Waals surface area contributed by atoms with E-state index in [1.165, 1.54) is 11.6 Å². The standard InChI is InChI=1S/C29H37FN2O3/c1-18(2)34-25-8-6-21(16-24(25)30)20-5-7-23-22(15-20)9-12-29(3,4)27(23)31-28(33)35-26-17-32-13-10-19(26)11-14-32/h5-8,15-16,18-19,26-27H,9-14,17H2,1-4H3,(H,31,33)/t26-,27?/m0/s1. The number of carbonyl (C=O) groups is 1. The first kappa shape index (κ1) is 24.1. The molecule has 2 bridgehead atoms. The molecule has 35 heavy (non-hydrogen) atoms. The molecular weight excluding hydrogens is 443 g/mol. The van der Waals surface area contributed by atoms with Gasteiger partial charge in [0, 0.05) is 6.54 Å². The van der Waals surface area contributed by atoms with Gasteiger partial charge >= 0.3 is 6.09 Å². The third kappa shape index (κ3) is 5.04. The maximum atomic E-state index is 14.6. The third-order valence-corrected chi connectivity index (χ3v) is 8.02. The van der Waals surface area contributed by atoms with Gasteiger partial charge in [0.25, 0.3) is 0 Å². The minimum Gasteiger partial charge on any atom is -0.488 e. The molecule has 0 saturated carbocycles. The van der Waals surface area contributed by atoms with Crippen molar-refractivity contribution in [3.05, 3.63) is 53.3 Å². The molecule has 6 heteroatoms. The lowest BCUT2D eigenvalue weighted by Crippen LogP contribution is -2.53. The normalized spacial score (nSPS) is 26.8. The van der Waals surface area contributed by atoms with Crippen molar-refractivity contribution in [1.82, 2.24) is 10.2 Å². The van der Waals surface area contributed by atoms with Gasteiger partial charge in [-0.2, -0.15) is 0 Å². The van der Waals surface area contributed by atoms with Crippen LogP contribution in [0, 0.1) is 17.2 Å². The Morgan fingerprint density at radius 2 is 1.83 bits per heavy atom. The fourth-order valence-corrected chi connectivity index (χ4v) is 5.94. The summed E-state index contributed by atoms with van der Waals surface area (Å²) < 4.78 is 26.1. The van der Waals surface area contributed by atoms with E-state index in [2.05, 4.69) is 36.2 Å². The van der Waals surface area contributed by atoms with E-state index in [0.717, 1.165) is 62.0 Å². The van der Waals surface area contributed by atoms with Crippen LogP contribution in [0.2, 0.25) is 0 Å². The molecule has 1 N–H and O–H groups in total. The predicted octanol–water partition coefficient (Wildman–Crippen LogP) is 6.11.